The van der Waals surface area contributed by atoms with E-state index in [1.54, 1.807) is 0 Å². The number of rotatable bonds is 6. The van der Waals surface area contributed by atoms with Gasteiger partial charge < -0.3 is 9.47 Å². The van der Waals surface area contributed by atoms with Gasteiger partial charge in [0.2, 0.25) is 5.91 Å². The molecule has 35 heavy (non-hydrogen) atoms. The lowest BCUT2D eigenvalue weighted by Crippen LogP contribution is -2.49. The van der Waals surface area contributed by atoms with Crippen LogP contribution in [0.5, 0.6) is 0 Å². The van der Waals surface area contributed by atoms with Crippen molar-refractivity contribution in [1.82, 2.24) is 9.91 Å². The zero-order valence-electron chi connectivity index (χ0n) is 20.0. The lowest BCUT2D eigenvalue weighted by Gasteiger charge is -2.40. The summed E-state index contributed by atoms with van der Waals surface area (Å²) in [5, 5.41) is 6.03. The van der Waals surface area contributed by atoms with E-state index < -0.39 is 23.0 Å². The summed E-state index contributed by atoms with van der Waals surface area (Å²) in [6, 6.07) is 13.1. The highest BCUT2D eigenvalue weighted by Crippen LogP contribution is 2.43. The summed E-state index contributed by atoms with van der Waals surface area (Å²) >= 11 is 0. The van der Waals surface area contributed by atoms with E-state index in [1.165, 1.54) is 11.9 Å². The van der Waals surface area contributed by atoms with Gasteiger partial charge in [0.05, 0.1) is 31.0 Å². The Balaban J connectivity index is 1.40. The maximum atomic E-state index is 14.7. The standard InChI is InChI=1S/C27H31F2N3O3/c1-20(33)32-26(21-7-3-2-4-8-21,18-25(30-32)23-17-22(28)9-10-24(23)29)11-5-13-31-14-6-12-27(19-31)34-15-16-35-27/h2-4,7-10,17H,5-6,11-16,18-19H2,1H3/t26-/m0/s1. The second-order valence-electron chi connectivity index (χ2n) is 9.67. The molecule has 8 heteroatoms. The molecule has 3 heterocycles. The molecule has 1 spiro atoms. The van der Waals surface area contributed by atoms with Gasteiger partial charge >= 0.3 is 0 Å². The third-order valence-corrected chi connectivity index (χ3v) is 7.31. The van der Waals surface area contributed by atoms with Crippen molar-refractivity contribution in [2.45, 2.75) is 50.4 Å². The number of hydrogen-bond donors (Lipinski definition) is 0. The molecule has 0 aliphatic carbocycles. The quantitative estimate of drug-likeness (QED) is 0.610. The maximum absolute atomic E-state index is 14.7. The molecule has 0 unspecified atom stereocenters. The van der Waals surface area contributed by atoms with Crippen LogP contribution in [0, 0.1) is 11.6 Å². The molecular formula is C27H31F2N3O3. The number of amides is 1. The van der Waals surface area contributed by atoms with Crippen molar-refractivity contribution in [3.63, 3.8) is 0 Å². The molecule has 1 atom stereocenters. The summed E-state index contributed by atoms with van der Waals surface area (Å²) in [4.78, 5) is 15.2. The molecule has 0 radical (unpaired) electrons. The Morgan fingerprint density at radius 3 is 2.63 bits per heavy atom. The first kappa shape index (κ1) is 24.0. The first-order valence-corrected chi connectivity index (χ1v) is 12.3. The average molecular weight is 484 g/mol. The Hall–Kier alpha value is -2.68. The number of hydrogen-bond acceptors (Lipinski definition) is 5. The van der Waals surface area contributed by atoms with E-state index in [9.17, 15) is 13.6 Å². The van der Waals surface area contributed by atoms with Crippen LogP contribution in [0.2, 0.25) is 0 Å². The lowest BCUT2D eigenvalue weighted by atomic mass is 9.80. The normalized spacial score (nSPS) is 24.2. The van der Waals surface area contributed by atoms with Crippen LogP contribution in [0.4, 0.5) is 8.78 Å². The largest absolute Gasteiger partial charge is 0.346 e. The molecule has 0 N–H and O–H groups in total. The molecule has 3 aliphatic rings. The SMILES string of the molecule is CC(=O)N1N=C(c2cc(F)ccc2F)C[C@@]1(CCCN1CCCC2(C1)OCCO2)c1ccccc1. The van der Waals surface area contributed by atoms with Crippen molar-refractivity contribution in [2.75, 3.05) is 32.8 Å². The first-order valence-electron chi connectivity index (χ1n) is 12.3. The zero-order valence-corrected chi connectivity index (χ0v) is 20.0. The Bertz CT molecular complexity index is 1100. The third-order valence-electron chi connectivity index (χ3n) is 7.31. The summed E-state index contributed by atoms with van der Waals surface area (Å²) in [5.41, 5.74) is 0.645. The van der Waals surface area contributed by atoms with Crippen LogP contribution in [0.15, 0.2) is 53.6 Å². The molecule has 2 saturated heterocycles. The van der Waals surface area contributed by atoms with Gasteiger partial charge in [-0.05, 0) is 56.1 Å². The first-order chi connectivity index (χ1) is 16.9. The van der Waals surface area contributed by atoms with Gasteiger partial charge in [-0.2, -0.15) is 5.10 Å². The molecule has 6 nitrogen and oxygen atoms in total. The predicted molar refractivity (Wildman–Crippen MR) is 128 cm³/mol. The fraction of sp³-hybridized carbons (Fsp3) is 0.481. The summed E-state index contributed by atoms with van der Waals surface area (Å²) in [6.45, 7) is 5.26. The number of benzene rings is 2. The molecule has 2 aromatic rings. The summed E-state index contributed by atoms with van der Waals surface area (Å²) < 4.78 is 40.5. The maximum Gasteiger partial charge on any atom is 0.240 e. The van der Waals surface area contributed by atoms with E-state index >= 15 is 0 Å². The fourth-order valence-electron chi connectivity index (χ4n) is 5.74. The Morgan fingerprint density at radius 2 is 1.89 bits per heavy atom. The second kappa shape index (κ2) is 9.76. The third kappa shape index (κ3) is 4.75. The molecule has 186 valence electrons. The molecule has 2 fully saturated rings. The van der Waals surface area contributed by atoms with Crippen LogP contribution in [-0.2, 0) is 19.8 Å². The molecule has 2 aromatic carbocycles. The van der Waals surface area contributed by atoms with Gasteiger partial charge in [-0.1, -0.05) is 30.3 Å². The van der Waals surface area contributed by atoms with E-state index in [4.69, 9.17) is 9.47 Å². The van der Waals surface area contributed by atoms with Crippen LogP contribution in [0.3, 0.4) is 0 Å². The Kier molecular flexibility index (Phi) is 6.70. The monoisotopic (exact) mass is 483 g/mol. The fourth-order valence-corrected chi connectivity index (χ4v) is 5.74. The highest BCUT2D eigenvalue weighted by molar-refractivity contribution is 6.03. The zero-order chi connectivity index (χ0) is 24.5. The number of piperidine rings is 1. The molecule has 0 saturated carbocycles. The van der Waals surface area contributed by atoms with Crippen molar-refractivity contribution < 1.29 is 23.0 Å². The van der Waals surface area contributed by atoms with Gasteiger partial charge in [0, 0.05) is 25.3 Å². The van der Waals surface area contributed by atoms with E-state index in [0.717, 1.165) is 62.7 Å². The highest BCUT2D eigenvalue weighted by Gasteiger charge is 2.47. The smallest absolute Gasteiger partial charge is 0.240 e. The molecule has 0 bridgehead atoms. The number of ether oxygens (including phenoxy) is 2. The summed E-state index contributed by atoms with van der Waals surface area (Å²) in [6.07, 6.45) is 3.66. The van der Waals surface area contributed by atoms with Crippen molar-refractivity contribution in [3.05, 3.63) is 71.3 Å². The van der Waals surface area contributed by atoms with Crippen LogP contribution in [0.25, 0.3) is 0 Å². The number of carbonyl (C=O) groups excluding carboxylic acids is 1. The molecule has 1 amide bonds. The van der Waals surface area contributed by atoms with Crippen LogP contribution < -0.4 is 0 Å². The minimum absolute atomic E-state index is 0.0996. The van der Waals surface area contributed by atoms with Crippen LogP contribution in [0.1, 0.15) is 50.2 Å². The van der Waals surface area contributed by atoms with Crippen LogP contribution >= 0.6 is 0 Å². The van der Waals surface area contributed by atoms with Crippen molar-refractivity contribution in [3.8, 4) is 0 Å². The number of nitrogens with zero attached hydrogens (tertiary/aromatic N) is 3. The molecule has 5 rings (SSSR count). The van der Waals surface area contributed by atoms with Gasteiger partial charge in [-0.3, -0.25) is 9.69 Å². The number of likely N-dealkylation sites (tertiary alicyclic amines) is 1. The van der Waals surface area contributed by atoms with Gasteiger partial charge in [0.1, 0.15) is 11.6 Å². The average Bonchev–Trinajstić information content (AvgIpc) is 3.47. The summed E-state index contributed by atoms with van der Waals surface area (Å²) in [7, 11) is 0. The van der Waals surface area contributed by atoms with E-state index in [-0.39, 0.29) is 11.5 Å². The molecular weight excluding hydrogens is 452 g/mol. The predicted octanol–water partition coefficient (Wildman–Crippen LogP) is 4.44. The summed E-state index contributed by atoms with van der Waals surface area (Å²) in [5.74, 6) is -1.80. The van der Waals surface area contributed by atoms with Crippen molar-refractivity contribution in [1.29, 1.82) is 0 Å². The number of carbonyl (C=O) groups is 1. The topological polar surface area (TPSA) is 54.4 Å². The lowest BCUT2D eigenvalue weighted by molar-refractivity contribution is -0.189. The van der Waals surface area contributed by atoms with Crippen molar-refractivity contribution in [2.24, 2.45) is 5.10 Å². The van der Waals surface area contributed by atoms with E-state index in [1.807, 2.05) is 30.3 Å². The van der Waals surface area contributed by atoms with Gasteiger partial charge in [0.15, 0.2) is 5.79 Å². The Morgan fingerprint density at radius 1 is 1.11 bits per heavy atom. The minimum atomic E-state index is -0.769. The molecule has 0 aromatic heterocycles. The van der Waals surface area contributed by atoms with Crippen LogP contribution in [-0.4, -0.2) is 60.2 Å². The number of hydrazone groups is 1. The van der Waals surface area contributed by atoms with Gasteiger partial charge in [-0.15, -0.1) is 0 Å². The van der Waals surface area contributed by atoms with Gasteiger partial charge in [0.25, 0.3) is 0 Å². The highest BCUT2D eigenvalue weighted by atomic mass is 19.1. The second-order valence-corrected chi connectivity index (χ2v) is 9.67. The molecule has 3 aliphatic heterocycles. The van der Waals surface area contributed by atoms with E-state index in [0.29, 0.717) is 31.8 Å². The van der Waals surface area contributed by atoms with Crippen molar-refractivity contribution >= 4 is 11.6 Å². The minimum Gasteiger partial charge on any atom is -0.346 e. The Labute approximate surface area is 204 Å². The number of halogens is 2. The van der Waals surface area contributed by atoms with E-state index in [2.05, 4.69) is 10.0 Å². The van der Waals surface area contributed by atoms with Gasteiger partial charge in [-0.25, -0.2) is 13.8 Å².